The van der Waals surface area contributed by atoms with Gasteiger partial charge in [-0.05, 0) is 93.6 Å². The Kier molecular flexibility index (Phi) is 10.5. The summed E-state index contributed by atoms with van der Waals surface area (Å²) in [6.45, 7) is 6.33. The van der Waals surface area contributed by atoms with Gasteiger partial charge in [-0.15, -0.1) is 0 Å². The minimum absolute atomic E-state index is 0.0502. The van der Waals surface area contributed by atoms with Gasteiger partial charge >= 0.3 is 12.3 Å². The Morgan fingerprint density at radius 2 is 1.49 bits per heavy atom. The van der Waals surface area contributed by atoms with E-state index in [0.717, 1.165) is 19.1 Å². The number of pyridine rings is 1. The van der Waals surface area contributed by atoms with Crippen LogP contribution in [0.15, 0.2) is 60.7 Å². The van der Waals surface area contributed by atoms with Gasteiger partial charge in [0.25, 0.3) is 5.91 Å². The van der Waals surface area contributed by atoms with Crippen LogP contribution in [0.2, 0.25) is 0 Å². The van der Waals surface area contributed by atoms with E-state index in [9.17, 15) is 22.8 Å². The number of ether oxygens (including phenoxy) is 4. The molecule has 0 aliphatic carbocycles. The average molecular weight is 795 g/mol. The van der Waals surface area contributed by atoms with Crippen LogP contribution in [-0.2, 0) is 24.0 Å². The molecular formula is C42H43F5N4O6. The molecule has 2 bridgehead atoms. The van der Waals surface area contributed by atoms with Crippen molar-refractivity contribution in [1.82, 2.24) is 14.8 Å². The van der Waals surface area contributed by atoms with Gasteiger partial charge in [-0.1, -0.05) is 24.3 Å². The van der Waals surface area contributed by atoms with Crippen molar-refractivity contribution in [3.8, 4) is 28.6 Å². The predicted molar refractivity (Wildman–Crippen MR) is 200 cm³/mol. The molecule has 2 saturated heterocycles. The fourth-order valence-electron chi connectivity index (χ4n) is 8.00. The summed E-state index contributed by atoms with van der Waals surface area (Å²) in [5.41, 5.74) is -3.52. The lowest BCUT2D eigenvalue weighted by Gasteiger charge is -2.45. The number of amides is 2. The number of carbonyl (C=O) groups is 2. The quantitative estimate of drug-likeness (QED) is 0.164. The van der Waals surface area contributed by atoms with E-state index in [-0.39, 0.29) is 49.4 Å². The van der Waals surface area contributed by atoms with Gasteiger partial charge in [-0.3, -0.25) is 9.69 Å². The van der Waals surface area contributed by atoms with E-state index in [1.807, 2.05) is 0 Å². The van der Waals surface area contributed by atoms with E-state index < -0.39 is 69.9 Å². The van der Waals surface area contributed by atoms with Crippen LogP contribution < -0.4 is 19.1 Å². The van der Waals surface area contributed by atoms with Crippen molar-refractivity contribution in [3.05, 3.63) is 100 Å². The maximum Gasteiger partial charge on any atom is 0.417 e. The Morgan fingerprint density at radius 1 is 0.895 bits per heavy atom. The molecule has 0 spiro atoms. The second-order valence-corrected chi connectivity index (χ2v) is 15.5. The highest BCUT2D eigenvalue weighted by molar-refractivity contribution is 5.98. The number of benzene rings is 3. The van der Waals surface area contributed by atoms with E-state index in [4.69, 9.17) is 18.9 Å². The smallest absolute Gasteiger partial charge is 0.417 e. The summed E-state index contributed by atoms with van der Waals surface area (Å²) in [5, 5.41) is 0. The SMILES string of the molecule is COc1ccc(CN(Cc2ccc(OC)cc2)c2cc(-c3nc4c(cc3F)C(=O)N3C[C@H]5CC[C@@H]([C@H]3CO4)N5C(=O)OC(C)(C)C)c(C(F)(F)F)c(C)c2F)cc1. The first-order valence-electron chi connectivity index (χ1n) is 18.5. The number of hydrogen-bond acceptors (Lipinski definition) is 8. The molecule has 0 N–H and O–H groups in total. The lowest BCUT2D eigenvalue weighted by molar-refractivity contribution is -0.137. The molecule has 3 atom stereocenters. The normalized spacial score (nSPS) is 19.0. The first kappa shape index (κ1) is 39.6. The number of rotatable bonds is 8. The van der Waals surface area contributed by atoms with Crippen LogP contribution in [0.1, 0.15) is 66.2 Å². The van der Waals surface area contributed by atoms with Crippen molar-refractivity contribution in [1.29, 1.82) is 0 Å². The Hall–Kier alpha value is -5.60. The highest BCUT2D eigenvalue weighted by Gasteiger charge is 2.52. The molecule has 15 heteroatoms. The summed E-state index contributed by atoms with van der Waals surface area (Å²) in [5.74, 6) is -2.20. The molecule has 2 fully saturated rings. The van der Waals surface area contributed by atoms with Crippen molar-refractivity contribution < 1.29 is 50.5 Å². The molecule has 4 aromatic rings. The highest BCUT2D eigenvalue weighted by Crippen LogP contribution is 2.45. The van der Waals surface area contributed by atoms with Crippen LogP contribution in [0, 0.1) is 18.6 Å². The van der Waals surface area contributed by atoms with Crippen LogP contribution >= 0.6 is 0 Å². The molecule has 2 amide bonds. The number of methoxy groups -OCH3 is 2. The van der Waals surface area contributed by atoms with Crippen LogP contribution in [0.3, 0.4) is 0 Å². The molecule has 3 aliphatic rings. The molecule has 3 aromatic carbocycles. The summed E-state index contributed by atoms with van der Waals surface area (Å²) in [4.78, 5) is 36.2. The van der Waals surface area contributed by atoms with Gasteiger partial charge in [0.2, 0.25) is 5.88 Å². The number of aromatic nitrogens is 1. The summed E-state index contributed by atoms with van der Waals surface area (Å²) < 4.78 is 99.9. The Morgan fingerprint density at radius 3 is 2.04 bits per heavy atom. The second kappa shape index (κ2) is 15.1. The standard InChI is InChI=1S/C42H43F5N4O6/c1-23-35(42(45,46)47)29(18-33(36(23)44)49(19-24-7-12-27(54-5)13-8-24)20-25-9-14-28(55-6)15-10-25)37-31(43)17-30-38(48-37)56-22-34-32-16-11-26(21-50(34)39(30)52)51(32)40(53)57-41(2,3)4/h7-10,12-15,17-18,26,32,34H,11,16,19-22H2,1-6H3/t26-,32+,34-/m1/s1. The van der Waals surface area contributed by atoms with Gasteiger partial charge in [0.05, 0.1) is 43.6 Å². The fraction of sp³-hybridized carbons (Fsp3) is 0.405. The van der Waals surface area contributed by atoms with Crippen molar-refractivity contribution in [2.24, 2.45) is 0 Å². The minimum Gasteiger partial charge on any atom is -0.497 e. The lowest BCUT2D eigenvalue weighted by atomic mass is 9.95. The number of anilines is 1. The Bertz CT molecular complexity index is 2120. The lowest BCUT2D eigenvalue weighted by Crippen LogP contribution is -2.64. The first-order chi connectivity index (χ1) is 27.0. The van der Waals surface area contributed by atoms with Gasteiger partial charge < -0.3 is 28.7 Å². The molecule has 0 saturated carbocycles. The van der Waals surface area contributed by atoms with Gasteiger partial charge in [0.15, 0.2) is 5.82 Å². The number of halogens is 5. The van der Waals surface area contributed by atoms with Crippen LogP contribution in [0.4, 0.5) is 32.4 Å². The molecule has 1 aromatic heterocycles. The summed E-state index contributed by atoms with van der Waals surface area (Å²) in [6, 6.07) is 14.2. The van der Waals surface area contributed by atoms with E-state index in [2.05, 4.69) is 4.98 Å². The van der Waals surface area contributed by atoms with E-state index >= 15 is 8.78 Å². The number of fused-ring (bicyclic) bond motifs is 5. The van der Waals surface area contributed by atoms with Crippen LogP contribution in [0.25, 0.3) is 11.3 Å². The topological polar surface area (TPSA) is 93.7 Å². The second-order valence-electron chi connectivity index (χ2n) is 15.5. The number of carbonyl (C=O) groups excluding carboxylic acids is 2. The largest absolute Gasteiger partial charge is 0.497 e. The molecule has 7 rings (SSSR count). The third-order valence-corrected chi connectivity index (χ3v) is 10.6. The third-order valence-electron chi connectivity index (χ3n) is 10.6. The van der Waals surface area contributed by atoms with Gasteiger partial charge in [0.1, 0.15) is 40.8 Å². The first-order valence-corrected chi connectivity index (χ1v) is 18.5. The zero-order valence-corrected chi connectivity index (χ0v) is 32.4. The van der Waals surface area contributed by atoms with Gasteiger partial charge in [-0.2, -0.15) is 13.2 Å². The van der Waals surface area contributed by atoms with Gasteiger partial charge in [-0.25, -0.2) is 18.6 Å². The van der Waals surface area contributed by atoms with Crippen LogP contribution in [-0.4, -0.2) is 77.9 Å². The predicted octanol–water partition coefficient (Wildman–Crippen LogP) is 8.56. The monoisotopic (exact) mass is 794 g/mol. The molecule has 57 heavy (non-hydrogen) atoms. The third kappa shape index (κ3) is 7.75. The maximum absolute atomic E-state index is 16.5. The highest BCUT2D eigenvalue weighted by atomic mass is 19.4. The molecule has 0 unspecified atom stereocenters. The summed E-state index contributed by atoms with van der Waals surface area (Å²) in [6.07, 6.45) is -4.48. The molecule has 10 nitrogen and oxygen atoms in total. The number of hydrogen-bond donors (Lipinski definition) is 0. The van der Waals surface area contributed by atoms with Crippen molar-refractivity contribution >= 4 is 17.7 Å². The summed E-state index contributed by atoms with van der Waals surface area (Å²) in [7, 11) is 3.02. The van der Waals surface area contributed by atoms with E-state index in [0.29, 0.717) is 35.5 Å². The molecule has 302 valence electrons. The minimum atomic E-state index is -5.13. The Balaban J connectivity index is 1.30. The van der Waals surface area contributed by atoms with Crippen LogP contribution in [0.5, 0.6) is 17.4 Å². The molecule has 4 heterocycles. The van der Waals surface area contributed by atoms with Crippen molar-refractivity contribution in [3.63, 3.8) is 0 Å². The fourth-order valence-corrected chi connectivity index (χ4v) is 8.00. The zero-order chi connectivity index (χ0) is 41.0. The van der Waals surface area contributed by atoms with E-state index in [1.165, 1.54) is 19.1 Å². The van der Waals surface area contributed by atoms with Crippen molar-refractivity contribution in [2.75, 3.05) is 32.3 Å². The number of alkyl halides is 3. The van der Waals surface area contributed by atoms with Gasteiger partial charge in [0, 0.05) is 25.2 Å². The number of piperazine rings is 1. The molecular weight excluding hydrogens is 751 g/mol. The zero-order valence-electron chi connectivity index (χ0n) is 32.4. The molecule has 3 aliphatic heterocycles. The Labute approximate surface area is 327 Å². The van der Waals surface area contributed by atoms with Crippen molar-refractivity contribution in [2.45, 2.75) is 83.5 Å². The summed E-state index contributed by atoms with van der Waals surface area (Å²) >= 11 is 0. The maximum atomic E-state index is 16.5. The number of nitrogens with zero attached hydrogens (tertiary/aromatic N) is 4. The average Bonchev–Trinajstić information content (AvgIpc) is 3.42. The molecule has 0 radical (unpaired) electrons. The van der Waals surface area contributed by atoms with E-state index in [1.54, 1.807) is 79.1 Å².